The number of carbonyl (C=O) groups is 1. The second kappa shape index (κ2) is 6.34. The third-order valence-corrected chi connectivity index (χ3v) is 4.03. The van der Waals surface area contributed by atoms with Crippen molar-refractivity contribution in [3.8, 4) is 0 Å². The molecule has 0 fully saturated rings. The van der Waals surface area contributed by atoms with Crippen molar-refractivity contribution in [1.29, 1.82) is 0 Å². The molecule has 0 aliphatic rings. The first-order valence-electron chi connectivity index (χ1n) is 6.24. The summed E-state index contributed by atoms with van der Waals surface area (Å²) in [5.74, 6) is 0.449. The Hall–Kier alpha value is -0.640. The summed E-state index contributed by atoms with van der Waals surface area (Å²) in [5, 5.41) is 4.40. The standard InChI is InChI=1S/C13H21BrN2O/c1-5-7-9(3)12(17)8-11-13(14)10(6-2)15-16(11)4/h9H,5-8H2,1-4H3. The summed E-state index contributed by atoms with van der Waals surface area (Å²) in [6, 6.07) is 0. The predicted molar refractivity (Wildman–Crippen MR) is 73.1 cm³/mol. The van der Waals surface area contributed by atoms with Crippen molar-refractivity contribution in [2.45, 2.75) is 46.5 Å². The number of aromatic nitrogens is 2. The summed E-state index contributed by atoms with van der Waals surface area (Å²) in [6.07, 6.45) is 3.38. The molecular formula is C13H21BrN2O. The zero-order valence-corrected chi connectivity index (χ0v) is 12.7. The number of carbonyl (C=O) groups excluding carboxylic acids is 1. The molecular weight excluding hydrogens is 280 g/mol. The van der Waals surface area contributed by atoms with Crippen LogP contribution in [-0.2, 0) is 24.7 Å². The van der Waals surface area contributed by atoms with Crippen LogP contribution in [0, 0.1) is 5.92 Å². The first kappa shape index (κ1) is 14.4. The second-order valence-corrected chi connectivity index (χ2v) is 5.31. The molecule has 0 radical (unpaired) electrons. The van der Waals surface area contributed by atoms with Crippen LogP contribution in [0.25, 0.3) is 0 Å². The number of ketones is 1. The Morgan fingerprint density at radius 3 is 2.59 bits per heavy atom. The third-order valence-electron chi connectivity index (χ3n) is 3.12. The van der Waals surface area contributed by atoms with Crippen molar-refractivity contribution < 1.29 is 4.79 Å². The number of nitrogens with zero attached hydrogens (tertiary/aromatic N) is 2. The van der Waals surface area contributed by atoms with E-state index >= 15 is 0 Å². The molecule has 17 heavy (non-hydrogen) atoms. The Balaban J connectivity index is 2.81. The molecule has 0 saturated heterocycles. The molecule has 3 nitrogen and oxygen atoms in total. The molecule has 1 heterocycles. The van der Waals surface area contributed by atoms with Gasteiger partial charge in [-0.05, 0) is 28.8 Å². The van der Waals surface area contributed by atoms with Gasteiger partial charge in [0, 0.05) is 19.4 Å². The summed E-state index contributed by atoms with van der Waals surface area (Å²) in [5.41, 5.74) is 2.02. The van der Waals surface area contributed by atoms with Gasteiger partial charge in [-0.2, -0.15) is 5.10 Å². The SMILES string of the molecule is CCCC(C)C(=O)Cc1c(Br)c(CC)nn1C. The van der Waals surface area contributed by atoms with Gasteiger partial charge in [-0.3, -0.25) is 9.48 Å². The summed E-state index contributed by atoms with van der Waals surface area (Å²) in [7, 11) is 1.90. The van der Waals surface area contributed by atoms with E-state index in [-0.39, 0.29) is 5.92 Å². The molecule has 96 valence electrons. The van der Waals surface area contributed by atoms with Crippen molar-refractivity contribution in [2.24, 2.45) is 13.0 Å². The molecule has 1 aromatic heterocycles. The summed E-state index contributed by atoms with van der Waals surface area (Å²) in [4.78, 5) is 12.0. The van der Waals surface area contributed by atoms with Crippen LogP contribution in [0.15, 0.2) is 4.47 Å². The van der Waals surface area contributed by atoms with Crippen LogP contribution in [0.5, 0.6) is 0 Å². The van der Waals surface area contributed by atoms with E-state index in [1.165, 1.54) is 0 Å². The number of aryl methyl sites for hydroxylation is 2. The van der Waals surface area contributed by atoms with Crippen LogP contribution in [0.1, 0.15) is 45.0 Å². The van der Waals surface area contributed by atoms with Crippen molar-refractivity contribution in [3.05, 3.63) is 15.9 Å². The molecule has 0 bridgehead atoms. The van der Waals surface area contributed by atoms with E-state index in [1.54, 1.807) is 0 Å². The van der Waals surface area contributed by atoms with E-state index in [9.17, 15) is 4.79 Å². The maximum atomic E-state index is 12.0. The molecule has 0 aliphatic carbocycles. The zero-order chi connectivity index (χ0) is 13.0. The molecule has 0 aromatic carbocycles. The van der Waals surface area contributed by atoms with E-state index in [2.05, 4.69) is 34.9 Å². The van der Waals surface area contributed by atoms with Gasteiger partial charge in [0.25, 0.3) is 0 Å². The van der Waals surface area contributed by atoms with E-state index in [4.69, 9.17) is 0 Å². The molecule has 0 N–H and O–H groups in total. The molecule has 0 amide bonds. The second-order valence-electron chi connectivity index (χ2n) is 4.52. The molecule has 1 unspecified atom stereocenters. The van der Waals surface area contributed by atoms with E-state index < -0.39 is 0 Å². The fourth-order valence-corrected chi connectivity index (χ4v) is 2.70. The minimum absolute atomic E-state index is 0.145. The number of hydrogen-bond acceptors (Lipinski definition) is 2. The Morgan fingerprint density at radius 1 is 1.47 bits per heavy atom. The Kier molecular flexibility index (Phi) is 5.37. The lowest BCUT2D eigenvalue weighted by Gasteiger charge is -2.09. The Morgan fingerprint density at radius 2 is 2.12 bits per heavy atom. The maximum absolute atomic E-state index is 12.0. The van der Waals surface area contributed by atoms with Crippen molar-refractivity contribution in [3.63, 3.8) is 0 Å². The van der Waals surface area contributed by atoms with Crippen molar-refractivity contribution in [1.82, 2.24) is 9.78 Å². The van der Waals surface area contributed by atoms with Gasteiger partial charge >= 0.3 is 0 Å². The molecule has 1 rings (SSSR count). The normalized spacial score (nSPS) is 12.8. The van der Waals surface area contributed by atoms with Gasteiger partial charge < -0.3 is 0 Å². The molecule has 0 saturated carbocycles. The van der Waals surface area contributed by atoms with Crippen LogP contribution < -0.4 is 0 Å². The van der Waals surface area contributed by atoms with E-state index in [0.29, 0.717) is 12.2 Å². The topological polar surface area (TPSA) is 34.9 Å². The molecule has 1 atom stereocenters. The van der Waals surface area contributed by atoms with Crippen LogP contribution >= 0.6 is 15.9 Å². The first-order chi connectivity index (χ1) is 8.01. The molecule has 0 spiro atoms. The lowest BCUT2D eigenvalue weighted by molar-refractivity contribution is -0.122. The molecule has 0 aliphatic heterocycles. The fraction of sp³-hybridized carbons (Fsp3) is 0.692. The predicted octanol–water partition coefficient (Wildman–Crippen LogP) is 3.29. The van der Waals surface area contributed by atoms with Gasteiger partial charge in [-0.15, -0.1) is 0 Å². The van der Waals surface area contributed by atoms with Gasteiger partial charge in [-0.25, -0.2) is 0 Å². The number of Topliss-reactive ketones (excluding diaryl/α,β-unsaturated/α-hetero) is 1. The zero-order valence-electron chi connectivity index (χ0n) is 11.1. The van der Waals surface area contributed by atoms with Gasteiger partial charge in [0.1, 0.15) is 5.78 Å². The molecule has 1 aromatic rings. The smallest absolute Gasteiger partial charge is 0.141 e. The third kappa shape index (κ3) is 3.41. The number of halogens is 1. The highest BCUT2D eigenvalue weighted by Crippen LogP contribution is 2.23. The fourth-order valence-electron chi connectivity index (χ4n) is 1.95. The minimum Gasteiger partial charge on any atom is -0.299 e. The summed E-state index contributed by atoms with van der Waals surface area (Å²) in [6.45, 7) is 6.19. The largest absolute Gasteiger partial charge is 0.299 e. The average Bonchev–Trinajstić information content (AvgIpc) is 2.56. The van der Waals surface area contributed by atoms with E-state index in [0.717, 1.165) is 35.1 Å². The highest BCUT2D eigenvalue weighted by atomic mass is 79.9. The first-order valence-corrected chi connectivity index (χ1v) is 7.03. The van der Waals surface area contributed by atoms with Crippen molar-refractivity contribution in [2.75, 3.05) is 0 Å². The summed E-state index contributed by atoms with van der Waals surface area (Å²) < 4.78 is 2.82. The quantitative estimate of drug-likeness (QED) is 0.808. The lowest BCUT2D eigenvalue weighted by Crippen LogP contribution is -2.15. The van der Waals surface area contributed by atoms with Gasteiger partial charge in [0.15, 0.2) is 0 Å². The van der Waals surface area contributed by atoms with E-state index in [1.807, 2.05) is 18.7 Å². The van der Waals surface area contributed by atoms with Crippen LogP contribution in [0.4, 0.5) is 0 Å². The highest BCUT2D eigenvalue weighted by molar-refractivity contribution is 9.10. The van der Waals surface area contributed by atoms with Gasteiger partial charge in [-0.1, -0.05) is 27.2 Å². The maximum Gasteiger partial charge on any atom is 0.141 e. The van der Waals surface area contributed by atoms with Crippen molar-refractivity contribution >= 4 is 21.7 Å². The monoisotopic (exact) mass is 300 g/mol. The van der Waals surface area contributed by atoms with Crippen LogP contribution in [-0.4, -0.2) is 15.6 Å². The van der Waals surface area contributed by atoms with Crippen LogP contribution in [0.3, 0.4) is 0 Å². The molecule has 4 heteroatoms. The lowest BCUT2D eigenvalue weighted by atomic mass is 9.97. The van der Waals surface area contributed by atoms with Crippen LogP contribution in [0.2, 0.25) is 0 Å². The number of hydrogen-bond donors (Lipinski definition) is 0. The van der Waals surface area contributed by atoms with Gasteiger partial charge in [0.2, 0.25) is 0 Å². The Bertz CT molecular complexity index is 398. The Labute approximate surface area is 112 Å². The minimum atomic E-state index is 0.145. The van der Waals surface area contributed by atoms with Gasteiger partial charge in [0.05, 0.1) is 15.9 Å². The summed E-state index contributed by atoms with van der Waals surface area (Å²) >= 11 is 3.54. The number of rotatable bonds is 6. The average molecular weight is 301 g/mol. The highest BCUT2D eigenvalue weighted by Gasteiger charge is 2.18.